The molecule has 92 valence electrons. The lowest BCUT2D eigenvalue weighted by Crippen LogP contribution is -2.34. The van der Waals surface area contributed by atoms with Crippen molar-refractivity contribution >= 4 is 29.4 Å². The van der Waals surface area contributed by atoms with Gasteiger partial charge in [-0.05, 0) is 19.1 Å². The Kier molecular flexibility index (Phi) is 4.18. The summed E-state index contributed by atoms with van der Waals surface area (Å²) < 4.78 is 0. The third-order valence-electron chi connectivity index (χ3n) is 2.07. The summed E-state index contributed by atoms with van der Waals surface area (Å²) >= 11 is 4.59. The van der Waals surface area contributed by atoms with Crippen molar-refractivity contribution < 1.29 is 15.0 Å². The molecule has 0 aromatic carbocycles. The smallest absolute Gasteiger partial charge is 0.182 e. The number of carbonyl (C=O) groups excluding carboxylic acids is 1. The highest BCUT2D eigenvalue weighted by molar-refractivity contribution is 7.80. The monoisotopic (exact) mass is 256 g/mol. The van der Waals surface area contributed by atoms with Gasteiger partial charge in [0.1, 0.15) is 5.75 Å². The molecule has 6 N–H and O–H groups in total. The molecule has 0 bridgehead atoms. The van der Waals surface area contributed by atoms with Gasteiger partial charge in [0.15, 0.2) is 17.2 Å². The second-order valence-electron chi connectivity index (χ2n) is 3.18. The topological polar surface area (TPSA) is 121 Å². The molecule has 1 aromatic heterocycles. The third-order valence-corrected chi connectivity index (χ3v) is 2.17. The van der Waals surface area contributed by atoms with E-state index in [4.69, 9.17) is 10.8 Å². The van der Waals surface area contributed by atoms with E-state index in [0.29, 0.717) is 6.29 Å². The van der Waals surface area contributed by atoms with Gasteiger partial charge in [-0.1, -0.05) is 0 Å². The molecule has 0 aliphatic heterocycles. The van der Waals surface area contributed by atoms with Gasteiger partial charge in [0.2, 0.25) is 0 Å². The fourth-order valence-electron chi connectivity index (χ4n) is 1.26. The first-order chi connectivity index (χ1) is 8.01. The number of carbonyl (C=O) groups is 1. The van der Waals surface area contributed by atoms with E-state index >= 15 is 0 Å². The number of hydrazine groups is 1. The van der Waals surface area contributed by atoms with E-state index in [1.54, 1.807) is 0 Å². The lowest BCUT2D eigenvalue weighted by atomic mass is 10.1. The number of hydrogen-bond acceptors (Lipinski definition) is 6. The summed E-state index contributed by atoms with van der Waals surface area (Å²) in [5.41, 5.74) is 10.6. The Morgan fingerprint density at radius 2 is 2.29 bits per heavy atom. The molecule has 1 heterocycles. The van der Waals surface area contributed by atoms with Crippen LogP contribution in [0.5, 0.6) is 5.75 Å². The molecule has 0 amide bonds. The van der Waals surface area contributed by atoms with Crippen molar-refractivity contribution in [2.24, 2.45) is 5.73 Å². The average Bonchev–Trinajstić information content (AvgIpc) is 2.29. The van der Waals surface area contributed by atoms with Crippen molar-refractivity contribution in [3.63, 3.8) is 0 Å². The fourth-order valence-corrected chi connectivity index (χ4v) is 1.32. The van der Waals surface area contributed by atoms with Crippen molar-refractivity contribution in [1.82, 2.24) is 10.4 Å². The number of aromatic nitrogens is 1. The van der Waals surface area contributed by atoms with Gasteiger partial charge < -0.3 is 15.9 Å². The van der Waals surface area contributed by atoms with Crippen LogP contribution in [-0.4, -0.2) is 26.6 Å². The molecular weight excluding hydrogens is 244 g/mol. The number of aliphatic hydroxyl groups is 1. The van der Waals surface area contributed by atoms with Crippen LogP contribution in [0.4, 0.5) is 5.82 Å². The van der Waals surface area contributed by atoms with Crippen molar-refractivity contribution in [2.45, 2.75) is 13.5 Å². The maximum absolute atomic E-state index is 10.9. The Morgan fingerprint density at radius 1 is 1.65 bits per heavy atom. The normalized spacial score (nSPS) is 9.76. The van der Waals surface area contributed by atoms with Gasteiger partial charge in [0.05, 0.1) is 17.9 Å². The minimum absolute atomic E-state index is 0.0194. The molecule has 0 spiro atoms. The van der Waals surface area contributed by atoms with Crippen LogP contribution in [0.3, 0.4) is 0 Å². The van der Waals surface area contributed by atoms with Crippen LogP contribution >= 0.6 is 12.2 Å². The Labute approximate surface area is 103 Å². The molecule has 0 aliphatic rings. The number of pyridine rings is 1. The van der Waals surface area contributed by atoms with Crippen LogP contribution in [0.2, 0.25) is 0 Å². The van der Waals surface area contributed by atoms with Crippen molar-refractivity contribution in [3.05, 3.63) is 16.8 Å². The maximum Gasteiger partial charge on any atom is 0.182 e. The second kappa shape index (κ2) is 5.41. The number of aldehydes is 1. The van der Waals surface area contributed by atoms with E-state index in [2.05, 4.69) is 28.1 Å². The van der Waals surface area contributed by atoms with Gasteiger partial charge in [-0.15, -0.1) is 0 Å². The van der Waals surface area contributed by atoms with E-state index < -0.39 is 6.61 Å². The molecule has 7 nitrogen and oxygen atoms in total. The molecule has 0 radical (unpaired) electrons. The minimum atomic E-state index is -0.462. The van der Waals surface area contributed by atoms with Crippen molar-refractivity contribution in [3.8, 4) is 5.75 Å². The standard InChI is InChI=1S/C9H12N4O3S/c1-4-7(16)5(2-14)6(3-15)8(11-4)12-13-9(10)17/h2,15-16H,3H2,1H3,(H,11,12)(H3,10,13,17). The summed E-state index contributed by atoms with van der Waals surface area (Å²) in [6, 6.07) is 0. The molecule has 0 unspecified atom stereocenters. The summed E-state index contributed by atoms with van der Waals surface area (Å²) in [5, 5.41) is 18.8. The number of nitrogens with two attached hydrogens (primary N) is 1. The number of aliphatic hydroxyl groups excluding tert-OH is 1. The summed E-state index contributed by atoms with van der Waals surface area (Å²) in [5.74, 6) is -0.0809. The zero-order valence-corrected chi connectivity index (χ0v) is 9.84. The Morgan fingerprint density at radius 3 is 2.76 bits per heavy atom. The van der Waals surface area contributed by atoms with Gasteiger partial charge in [-0.25, -0.2) is 4.98 Å². The number of nitrogens with zero attached hydrogens (tertiary/aromatic N) is 1. The molecular formula is C9H12N4O3S. The van der Waals surface area contributed by atoms with Crippen LogP contribution in [0.15, 0.2) is 0 Å². The first-order valence-corrected chi connectivity index (χ1v) is 5.02. The number of rotatable bonds is 4. The van der Waals surface area contributed by atoms with Crippen LogP contribution in [-0.2, 0) is 6.61 Å². The molecule has 1 aromatic rings. The summed E-state index contributed by atoms with van der Waals surface area (Å²) in [7, 11) is 0. The third kappa shape index (κ3) is 2.80. The molecule has 0 aliphatic carbocycles. The van der Waals surface area contributed by atoms with E-state index in [0.717, 1.165) is 0 Å². The zero-order valence-electron chi connectivity index (χ0n) is 9.02. The first kappa shape index (κ1) is 13.1. The van der Waals surface area contributed by atoms with Crippen LogP contribution in [0.25, 0.3) is 0 Å². The van der Waals surface area contributed by atoms with Gasteiger partial charge in [0, 0.05) is 5.56 Å². The predicted molar refractivity (Wildman–Crippen MR) is 65.5 cm³/mol. The molecule has 8 heteroatoms. The zero-order chi connectivity index (χ0) is 13.0. The lowest BCUT2D eigenvalue weighted by molar-refractivity contribution is 0.111. The molecule has 1 rings (SSSR count). The highest BCUT2D eigenvalue weighted by Gasteiger charge is 2.16. The Balaban J connectivity index is 3.24. The lowest BCUT2D eigenvalue weighted by Gasteiger charge is -2.14. The largest absolute Gasteiger partial charge is 0.505 e. The molecule has 0 fully saturated rings. The number of thiocarbonyl (C=S) groups is 1. The fraction of sp³-hybridized carbons (Fsp3) is 0.222. The van der Waals surface area contributed by atoms with E-state index in [-0.39, 0.29) is 33.5 Å². The molecule has 17 heavy (non-hydrogen) atoms. The summed E-state index contributed by atoms with van der Waals surface area (Å²) in [6.07, 6.45) is 0.446. The van der Waals surface area contributed by atoms with E-state index in [1.807, 2.05) is 0 Å². The number of aryl methyl sites for hydroxylation is 1. The molecule has 0 saturated carbocycles. The van der Waals surface area contributed by atoms with Crippen LogP contribution in [0, 0.1) is 6.92 Å². The average molecular weight is 256 g/mol. The van der Waals surface area contributed by atoms with Crippen LogP contribution < -0.4 is 16.6 Å². The first-order valence-electron chi connectivity index (χ1n) is 4.61. The number of hydrogen-bond donors (Lipinski definition) is 5. The van der Waals surface area contributed by atoms with Crippen molar-refractivity contribution in [1.29, 1.82) is 0 Å². The quantitative estimate of drug-likeness (QED) is 0.279. The summed E-state index contributed by atoms with van der Waals surface area (Å²) in [6.45, 7) is 1.06. The van der Waals surface area contributed by atoms with Gasteiger partial charge in [-0.2, -0.15) is 0 Å². The van der Waals surface area contributed by atoms with E-state index in [1.165, 1.54) is 6.92 Å². The Bertz CT molecular complexity index is 464. The number of nitrogens with one attached hydrogen (secondary N) is 2. The highest BCUT2D eigenvalue weighted by atomic mass is 32.1. The van der Waals surface area contributed by atoms with Gasteiger partial charge >= 0.3 is 0 Å². The van der Waals surface area contributed by atoms with Crippen molar-refractivity contribution in [2.75, 3.05) is 5.43 Å². The number of anilines is 1. The van der Waals surface area contributed by atoms with E-state index in [9.17, 15) is 9.90 Å². The molecule has 0 atom stereocenters. The van der Waals surface area contributed by atoms with Gasteiger partial charge in [-0.3, -0.25) is 15.6 Å². The highest BCUT2D eigenvalue weighted by Crippen LogP contribution is 2.27. The SMILES string of the molecule is Cc1nc(NNC(N)=S)c(CO)c(C=O)c1O. The number of aromatic hydroxyl groups is 1. The van der Waals surface area contributed by atoms with Crippen LogP contribution in [0.1, 0.15) is 21.6 Å². The Hall–Kier alpha value is -1.93. The minimum Gasteiger partial charge on any atom is -0.505 e. The predicted octanol–water partition coefficient (Wildman–Crippen LogP) is -0.439. The summed E-state index contributed by atoms with van der Waals surface area (Å²) in [4.78, 5) is 14.8. The molecule has 0 saturated heterocycles. The second-order valence-corrected chi connectivity index (χ2v) is 3.62. The maximum atomic E-state index is 10.9. The van der Waals surface area contributed by atoms with Gasteiger partial charge in [0.25, 0.3) is 0 Å².